The van der Waals surface area contributed by atoms with Gasteiger partial charge in [-0.3, -0.25) is 14.8 Å². The molecular formula is C13H13N5OS2. The second-order valence-electron chi connectivity index (χ2n) is 4.37. The predicted octanol–water partition coefficient (Wildman–Crippen LogP) is 2.03. The van der Waals surface area contributed by atoms with Crippen LogP contribution in [0.5, 0.6) is 0 Å². The number of amides is 1. The summed E-state index contributed by atoms with van der Waals surface area (Å²) in [7, 11) is 0. The Morgan fingerprint density at radius 3 is 2.95 bits per heavy atom. The normalized spacial score (nSPS) is 20.5. The minimum absolute atomic E-state index is 0.134. The van der Waals surface area contributed by atoms with Gasteiger partial charge in [-0.05, 0) is 12.1 Å². The summed E-state index contributed by atoms with van der Waals surface area (Å²) in [6.07, 6.45) is 5.20. The van der Waals surface area contributed by atoms with Crippen LogP contribution in [-0.2, 0) is 4.79 Å². The van der Waals surface area contributed by atoms with Gasteiger partial charge >= 0.3 is 0 Å². The van der Waals surface area contributed by atoms with E-state index in [2.05, 4.69) is 25.9 Å². The molecule has 3 rings (SSSR count). The minimum Gasteiger partial charge on any atom is -0.335 e. The Morgan fingerprint density at radius 2 is 2.29 bits per heavy atom. The van der Waals surface area contributed by atoms with Gasteiger partial charge in [0.2, 0.25) is 11.0 Å². The maximum atomic E-state index is 11.5. The summed E-state index contributed by atoms with van der Waals surface area (Å²) in [4.78, 5) is 20.7. The van der Waals surface area contributed by atoms with Gasteiger partial charge < -0.3 is 16.0 Å². The number of thiazole rings is 1. The lowest BCUT2D eigenvalue weighted by Crippen LogP contribution is -2.58. The maximum absolute atomic E-state index is 11.5. The number of carbonyl (C=O) groups excluding carboxylic acids is 1. The van der Waals surface area contributed by atoms with Crippen LogP contribution in [0.15, 0.2) is 41.6 Å². The number of rotatable bonds is 4. The highest BCUT2D eigenvalue weighted by Gasteiger charge is 2.37. The van der Waals surface area contributed by atoms with E-state index in [1.54, 1.807) is 24.1 Å². The Morgan fingerprint density at radius 1 is 1.38 bits per heavy atom. The predicted molar refractivity (Wildman–Crippen MR) is 85.2 cm³/mol. The average Bonchev–Trinajstić information content (AvgIpc) is 3.09. The first-order valence-electron chi connectivity index (χ1n) is 6.19. The van der Waals surface area contributed by atoms with Crippen LogP contribution in [0, 0.1) is 0 Å². The van der Waals surface area contributed by atoms with Gasteiger partial charge in [-0.2, -0.15) is 0 Å². The first kappa shape index (κ1) is 13.9. The lowest BCUT2D eigenvalue weighted by molar-refractivity contribution is -0.119. The van der Waals surface area contributed by atoms with Gasteiger partial charge in [0, 0.05) is 24.7 Å². The lowest BCUT2D eigenvalue weighted by atomic mass is 10.4. The van der Waals surface area contributed by atoms with E-state index >= 15 is 0 Å². The van der Waals surface area contributed by atoms with E-state index in [1.165, 1.54) is 30.0 Å². The molecular weight excluding hydrogens is 306 g/mol. The summed E-state index contributed by atoms with van der Waals surface area (Å²) >= 11 is 2.99. The highest BCUT2D eigenvalue weighted by Crippen LogP contribution is 2.35. The largest absolute Gasteiger partial charge is 0.335 e. The van der Waals surface area contributed by atoms with Crippen LogP contribution in [0.4, 0.5) is 5.69 Å². The molecule has 1 unspecified atom stereocenters. The first-order chi connectivity index (χ1) is 10.2. The number of aromatic nitrogens is 2. The smallest absolute Gasteiger partial charge is 0.242 e. The van der Waals surface area contributed by atoms with Crippen molar-refractivity contribution in [3.8, 4) is 0 Å². The number of hydrogen-bond donors (Lipinski definition) is 3. The monoisotopic (exact) mass is 319 g/mol. The third kappa shape index (κ3) is 3.17. The summed E-state index contributed by atoms with van der Waals surface area (Å²) in [5.41, 5.74) is 3.51. The Balaban J connectivity index is 1.82. The van der Waals surface area contributed by atoms with Gasteiger partial charge in [0.25, 0.3) is 0 Å². The van der Waals surface area contributed by atoms with Crippen molar-refractivity contribution in [3.63, 3.8) is 0 Å². The summed E-state index contributed by atoms with van der Waals surface area (Å²) in [6, 6.07) is 3.73. The van der Waals surface area contributed by atoms with E-state index in [0.29, 0.717) is 0 Å². The molecule has 0 saturated heterocycles. The second-order valence-corrected chi connectivity index (χ2v) is 6.34. The molecule has 2 aromatic heterocycles. The average molecular weight is 319 g/mol. The molecule has 0 aromatic carbocycles. The fourth-order valence-corrected chi connectivity index (χ4v) is 3.60. The zero-order chi connectivity index (χ0) is 14.7. The minimum atomic E-state index is -0.825. The standard InChI is InChI=1S/C13H13N5OS2/c1-9(19)16-13(17-10-3-2-4-14-5-10)18-11(7-21-13)12-6-15-8-20-12/h2-8,17-18H,1H3,(H,16,19). The van der Waals surface area contributed by atoms with Crippen LogP contribution in [0.2, 0.25) is 0 Å². The molecule has 0 spiro atoms. The van der Waals surface area contributed by atoms with Crippen LogP contribution in [0.1, 0.15) is 11.8 Å². The molecule has 21 heavy (non-hydrogen) atoms. The topological polar surface area (TPSA) is 78.9 Å². The quantitative estimate of drug-likeness (QED) is 0.749. The van der Waals surface area contributed by atoms with Gasteiger partial charge in [0.1, 0.15) is 0 Å². The van der Waals surface area contributed by atoms with Gasteiger partial charge in [-0.25, -0.2) is 0 Å². The number of carbonyl (C=O) groups is 1. The van der Waals surface area contributed by atoms with Crippen molar-refractivity contribution in [3.05, 3.63) is 46.5 Å². The summed E-state index contributed by atoms with van der Waals surface area (Å²) in [5.74, 6) is -0.134. The summed E-state index contributed by atoms with van der Waals surface area (Å²) in [5, 5.41) is 10.6. The Bertz CT molecular complexity index is 658. The Hall–Kier alpha value is -2.06. The molecule has 2 aromatic rings. The molecule has 1 aliphatic rings. The molecule has 108 valence electrons. The Kier molecular flexibility index (Phi) is 3.80. The SMILES string of the molecule is CC(=O)NC1(Nc2cccnc2)NC(c2cncs2)=CS1. The van der Waals surface area contributed by atoms with Gasteiger partial charge in [-0.1, -0.05) is 11.8 Å². The van der Waals surface area contributed by atoms with Crippen LogP contribution in [0.25, 0.3) is 5.70 Å². The molecule has 0 saturated carbocycles. The molecule has 0 bridgehead atoms. The van der Waals surface area contributed by atoms with E-state index < -0.39 is 5.12 Å². The number of pyridine rings is 1. The van der Waals surface area contributed by atoms with Crippen LogP contribution < -0.4 is 16.0 Å². The number of thioether (sulfide) groups is 1. The summed E-state index contributed by atoms with van der Waals surface area (Å²) < 4.78 is 0. The zero-order valence-electron chi connectivity index (χ0n) is 11.2. The highest BCUT2D eigenvalue weighted by molar-refractivity contribution is 8.04. The van der Waals surface area contributed by atoms with Crippen molar-refractivity contribution < 1.29 is 4.79 Å². The van der Waals surface area contributed by atoms with Gasteiger partial charge in [-0.15, -0.1) is 11.3 Å². The first-order valence-corrected chi connectivity index (χ1v) is 7.95. The molecule has 0 radical (unpaired) electrons. The van der Waals surface area contributed by atoms with Crippen LogP contribution in [-0.4, -0.2) is 21.0 Å². The second kappa shape index (κ2) is 5.74. The highest BCUT2D eigenvalue weighted by atomic mass is 32.2. The van der Waals surface area contributed by atoms with Crippen molar-refractivity contribution in [2.24, 2.45) is 0 Å². The van der Waals surface area contributed by atoms with E-state index in [9.17, 15) is 4.79 Å². The van der Waals surface area contributed by atoms with Crippen LogP contribution in [0.3, 0.4) is 0 Å². The van der Waals surface area contributed by atoms with Crippen molar-refractivity contribution in [1.82, 2.24) is 20.6 Å². The number of hydrogen-bond acceptors (Lipinski definition) is 7. The molecule has 3 heterocycles. The fraction of sp³-hybridized carbons (Fsp3) is 0.154. The van der Waals surface area contributed by atoms with Crippen molar-refractivity contribution >= 4 is 40.4 Å². The van der Waals surface area contributed by atoms with E-state index in [-0.39, 0.29) is 5.91 Å². The molecule has 1 amide bonds. The third-order valence-electron chi connectivity index (χ3n) is 2.70. The van der Waals surface area contributed by atoms with Gasteiger partial charge in [0.15, 0.2) is 0 Å². The van der Waals surface area contributed by atoms with Crippen molar-refractivity contribution in [2.75, 3.05) is 5.32 Å². The molecule has 0 aliphatic carbocycles. The van der Waals surface area contributed by atoms with E-state index in [4.69, 9.17) is 0 Å². The number of anilines is 1. The van der Waals surface area contributed by atoms with Crippen molar-refractivity contribution in [1.29, 1.82) is 0 Å². The molecule has 8 heteroatoms. The zero-order valence-corrected chi connectivity index (χ0v) is 12.8. The molecule has 6 nitrogen and oxygen atoms in total. The van der Waals surface area contributed by atoms with Crippen LogP contribution >= 0.6 is 23.1 Å². The van der Waals surface area contributed by atoms with Crippen molar-refractivity contribution in [2.45, 2.75) is 12.0 Å². The number of nitrogens with zero attached hydrogens (tertiary/aromatic N) is 2. The molecule has 3 N–H and O–H groups in total. The van der Waals surface area contributed by atoms with E-state index in [1.807, 2.05) is 17.5 Å². The van der Waals surface area contributed by atoms with E-state index in [0.717, 1.165) is 16.3 Å². The maximum Gasteiger partial charge on any atom is 0.242 e. The Labute approximate surface area is 130 Å². The lowest BCUT2D eigenvalue weighted by Gasteiger charge is -2.32. The third-order valence-corrected chi connectivity index (χ3v) is 4.52. The van der Waals surface area contributed by atoms with Gasteiger partial charge in [0.05, 0.1) is 28.0 Å². The fourth-order valence-electron chi connectivity index (χ4n) is 1.90. The molecule has 0 fully saturated rings. The molecule has 1 atom stereocenters. The number of nitrogens with one attached hydrogen (secondary N) is 3. The summed E-state index contributed by atoms with van der Waals surface area (Å²) in [6.45, 7) is 1.49. The molecule has 1 aliphatic heterocycles.